The van der Waals surface area contributed by atoms with Gasteiger partial charge in [0.05, 0.1) is 12.3 Å². The maximum atomic E-state index is 12.1. The summed E-state index contributed by atoms with van der Waals surface area (Å²) in [6.07, 6.45) is 1.41. The van der Waals surface area contributed by atoms with Crippen LogP contribution in [0.15, 0.2) is 41.3 Å². The molecule has 1 aromatic carbocycles. The van der Waals surface area contributed by atoms with Gasteiger partial charge in [-0.25, -0.2) is 0 Å². The topological polar surface area (TPSA) is 71.2 Å². The summed E-state index contributed by atoms with van der Waals surface area (Å²) in [6.45, 7) is 4.12. The summed E-state index contributed by atoms with van der Waals surface area (Å²) < 4.78 is 5.42. The molecule has 0 saturated carbocycles. The van der Waals surface area contributed by atoms with Crippen molar-refractivity contribution in [2.75, 3.05) is 11.9 Å². The summed E-state index contributed by atoms with van der Waals surface area (Å²) in [4.78, 5) is 26.7. The second kappa shape index (κ2) is 6.06. The van der Waals surface area contributed by atoms with E-state index in [2.05, 4.69) is 10.3 Å². The average molecular weight is 272 g/mol. The number of rotatable bonds is 4. The van der Waals surface area contributed by atoms with Gasteiger partial charge in [0.2, 0.25) is 0 Å². The van der Waals surface area contributed by atoms with Gasteiger partial charge in [0, 0.05) is 18.0 Å². The van der Waals surface area contributed by atoms with Crippen molar-refractivity contribution in [3.8, 4) is 5.75 Å². The fraction of sp³-hybridized carbons (Fsp3) is 0.200. The van der Waals surface area contributed by atoms with Gasteiger partial charge >= 0.3 is 0 Å². The van der Waals surface area contributed by atoms with Gasteiger partial charge < -0.3 is 15.0 Å². The number of amides is 1. The number of nitrogens with one attached hydrogen (secondary N) is 2. The number of hydrogen-bond acceptors (Lipinski definition) is 3. The van der Waals surface area contributed by atoms with E-state index < -0.39 is 5.91 Å². The van der Waals surface area contributed by atoms with Gasteiger partial charge in [0.25, 0.3) is 5.91 Å². The van der Waals surface area contributed by atoms with Crippen molar-refractivity contribution in [3.05, 3.63) is 58.0 Å². The Hall–Kier alpha value is -2.56. The van der Waals surface area contributed by atoms with Crippen molar-refractivity contribution < 1.29 is 9.53 Å². The van der Waals surface area contributed by atoms with Crippen LogP contribution in [0.5, 0.6) is 5.75 Å². The highest BCUT2D eigenvalue weighted by Crippen LogP contribution is 2.23. The van der Waals surface area contributed by atoms with Crippen LogP contribution in [0.3, 0.4) is 0 Å². The van der Waals surface area contributed by atoms with Crippen LogP contribution in [-0.4, -0.2) is 17.5 Å². The van der Waals surface area contributed by atoms with E-state index in [0.29, 0.717) is 23.7 Å². The molecule has 5 heteroatoms. The van der Waals surface area contributed by atoms with Crippen molar-refractivity contribution >= 4 is 11.6 Å². The molecule has 0 aliphatic rings. The number of aromatic nitrogens is 1. The molecule has 0 radical (unpaired) electrons. The Balaban J connectivity index is 2.26. The van der Waals surface area contributed by atoms with E-state index in [1.807, 2.05) is 13.0 Å². The van der Waals surface area contributed by atoms with Crippen molar-refractivity contribution in [3.63, 3.8) is 0 Å². The third-order valence-electron chi connectivity index (χ3n) is 2.74. The summed E-state index contributed by atoms with van der Waals surface area (Å²) in [5, 5.41) is 2.69. The fourth-order valence-electron chi connectivity index (χ4n) is 1.79. The van der Waals surface area contributed by atoms with Crippen molar-refractivity contribution in [2.24, 2.45) is 0 Å². The van der Waals surface area contributed by atoms with Gasteiger partial charge in [-0.1, -0.05) is 12.1 Å². The Bertz CT molecular complexity index is 677. The second-order valence-electron chi connectivity index (χ2n) is 4.28. The molecular formula is C15H16N2O3. The lowest BCUT2D eigenvalue weighted by molar-refractivity contribution is 0.102. The molecule has 0 bridgehead atoms. The molecule has 0 spiro atoms. The summed E-state index contributed by atoms with van der Waals surface area (Å²) >= 11 is 0. The maximum absolute atomic E-state index is 12.1. The highest BCUT2D eigenvalue weighted by atomic mass is 16.5. The molecule has 2 rings (SSSR count). The van der Waals surface area contributed by atoms with E-state index in [-0.39, 0.29) is 11.0 Å². The van der Waals surface area contributed by atoms with Crippen molar-refractivity contribution in [1.82, 2.24) is 4.98 Å². The monoisotopic (exact) mass is 272 g/mol. The fourth-order valence-corrected chi connectivity index (χ4v) is 1.79. The zero-order chi connectivity index (χ0) is 14.5. The van der Waals surface area contributed by atoms with Gasteiger partial charge in [0.15, 0.2) is 5.43 Å². The summed E-state index contributed by atoms with van der Waals surface area (Å²) in [6, 6.07) is 8.49. The first-order valence-electron chi connectivity index (χ1n) is 6.34. The Labute approximate surface area is 116 Å². The number of ether oxygens (including phenoxy) is 1. The lowest BCUT2D eigenvalue weighted by Gasteiger charge is -2.11. The molecule has 1 aromatic heterocycles. The smallest absolute Gasteiger partial charge is 0.261 e. The predicted octanol–water partition coefficient (Wildman–Crippen LogP) is 2.33. The van der Waals surface area contributed by atoms with Crippen LogP contribution in [0.1, 0.15) is 23.0 Å². The molecule has 0 saturated heterocycles. The minimum atomic E-state index is -0.460. The number of benzene rings is 1. The third kappa shape index (κ3) is 3.06. The SMILES string of the molecule is CCOc1ccccc1NC(=O)c1c[nH]c(C)cc1=O. The zero-order valence-electron chi connectivity index (χ0n) is 11.4. The van der Waals surface area contributed by atoms with Crippen molar-refractivity contribution in [1.29, 1.82) is 0 Å². The highest BCUT2D eigenvalue weighted by molar-refractivity contribution is 6.04. The molecule has 1 amide bonds. The Kier molecular flexibility index (Phi) is 4.20. The average Bonchev–Trinajstić information content (AvgIpc) is 2.41. The normalized spacial score (nSPS) is 10.1. The summed E-state index contributed by atoms with van der Waals surface area (Å²) in [5.74, 6) is 0.116. The molecule has 2 N–H and O–H groups in total. The Morgan fingerprint density at radius 3 is 2.80 bits per heavy atom. The van der Waals surface area contributed by atoms with Crippen LogP contribution in [0, 0.1) is 6.92 Å². The number of carbonyl (C=O) groups excluding carboxylic acids is 1. The molecule has 104 valence electrons. The minimum Gasteiger partial charge on any atom is -0.492 e. The van der Waals surface area contributed by atoms with E-state index >= 15 is 0 Å². The number of hydrogen-bond donors (Lipinski definition) is 2. The standard InChI is InChI=1S/C15H16N2O3/c1-3-20-14-7-5-4-6-12(14)17-15(19)11-9-16-10(2)8-13(11)18/h4-9H,3H2,1-2H3,(H,16,18)(H,17,19). The molecule has 20 heavy (non-hydrogen) atoms. The molecule has 0 aliphatic carbocycles. The largest absolute Gasteiger partial charge is 0.492 e. The number of aromatic amines is 1. The van der Waals surface area contributed by atoms with Gasteiger partial charge in [-0.3, -0.25) is 9.59 Å². The number of pyridine rings is 1. The van der Waals surface area contributed by atoms with Crippen LogP contribution in [-0.2, 0) is 0 Å². The molecule has 0 unspecified atom stereocenters. The second-order valence-corrected chi connectivity index (χ2v) is 4.28. The summed E-state index contributed by atoms with van der Waals surface area (Å²) in [7, 11) is 0. The van der Waals surface area contributed by atoms with E-state index in [1.165, 1.54) is 12.3 Å². The zero-order valence-corrected chi connectivity index (χ0v) is 11.4. The molecule has 5 nitrogen and oxygen atoms in total. The molecule has 0 atom stereocenters. The van der Waals surface area contributed by atoms with Crippen LogP contribution < -0.4 is 15.5 Å². The molecule has 2 aromatic rings. The van der Waals surface area contributed by atoms with Crippen molar-refractivity contribution in [2.45, 2.75) is 13.8 Å². The first-order chi connectivity index (χ1) is 9.61. The first-order valence-corrected chi connectivity index (χ1v) is 6.34. The Morgan fingerprint density at radius 1 is 1.35 bits per heavy atom. The van der Waals surface area contributed by atoms with E-state index in [4.69, 9.17) is 4.74 Å². The molecule has 0 aliphatic heterocycles. The quantitative estimate of drug-likeness (QED) is 0.897. The Morgan fingerprint density at radius 2 is 2.10 bits per heavy atom. The van der Waals surface area contributed by atoms with Crippen LogP contribution >= 0.6 is 0 Å². The summed E-state index contributed by atoms with van der Waals surface area (Å²) in [5.41, 5.74) is 1.01. The third-order valence-corrected chi connectivity index (χ3v) is 2.74. The first kappa shape index (κ1) is 13.9. The van der Waals surface area contributed by atoms with Crippen LogP contribution in [0.25, 0.3) is 0 Å². The molecule has 0 fully saturated rings. The van der Waals surface area contributed by atoms with E-state index in [0.717, 1.165) is 0 Å². The number of H-pyrrole nitrogens is 1. The maximum Gasteiger partial charge on any atom is 0.261 e. The van der Waals surface area contributed by atoms with Crippen LogP contribution in [0.4, 0.5) is 5.69 Å². The van der Waals surface area contributed by atoms with Gasteiger partial charge in [0.1, 0.15) is 11.3 Å². The number of carbonyl (C=O) groups is 1. The van der Waals surface area contributed by atoms with Crippen LogP contribution in [0.2, 0.25) is 0 Å². The predicted molar refractivity (Wildman–Crippen MR) is 77.4 cm³/mol. The van der Waals surface area contributed by atoms with E-state index in [1.54, 1.807) is 25.1 Å². The lowest BCUT2D eigenvalue weighted by atomic mass is 10.2. The number of para-hydroxylation sites is 2. The highest BCUT2D eigenvalue weighted by Gasteiger charge is 2.12. The molecule has 1 heterocycles. The van der Waals surface area contributed by atoms with Gasteiger partial charge in [-0.05, 0) is 26.0 Å². The lowest BCUT2D eigenvalue weighted by Crippen LogP contribution is -2.21. The van der Waals surface area contributed by atoms with Gasteiger partial charge in [-0.2, -0.15) is 0 Å². The number of aryl methyl sites for hydroxylation is 1. The minimum absolute atomic E-state index is 0.0712. The number of anilines is 1. The van der Waals surface area contributed by atoms with Gasteiger partial charge in [-0.15, -0.1) is 0 Å². The van der Waals surface area contributed by atoms with E-state index in [9.17, 15) is 9.59 Å². The molecular weight excluding hydrogens is 256 g/mol.